The molecule has 29 heavy (non-hydrogen) atoms. The predicted molar refractivity (Wildman–Crippen MR) is 107 cm³/mol. The molecule has 2 aliphatic heterocycles. The number of nitrogens with zero attached hydrogens (tertiary/aromatic N) is 3. The lowest BCUT2D eigenvalue weighted by atomic mass is 10.0. The molecule has 1 unspecified atom stereocenters. The van der Waals surface area contributed by atoms with Crippen molar-refractivity contribution in [2.75, 3.05) is 44.2 Å². The normalized spacial score (nSPS) is 20.1. The van der Waals surface area contributed by atoms with E-state index in [0.717, 1.165) is 0 Å². The molecule has 10 heteroatoms. The number of hydrogen-bond acceptors (Lipinski definition) is 7. The number of piperazine rings is 1. The molecule has 0 bridgehead atoms. The zero-order chi connectivity index (χ0) is 21.0. The van der Waals surface area contributed by atoms with Gasteiger partial charge in [-0.25, -0.2) is 9.59 Å². The van der Waals surface area contributed by atoms with Gasteiger partial charge in [-0.15, -0.1) is 0 Å². The smallest absolute Gasteiger partial charge is 0.337 e. The van der Waals surface area contributed by atoms with Crippen molar-refractivity contribution in [2.45, 2.75) is 19.9 Å². The zero-order valence-electron chi connectivity index (χ0n) is 16.5. The second kappa shape index (κ2) is 8.91. The van der Waals surface area contributed by atoms with Crippen molar-refractivity contribution in [2.24, 2.45) is 0 Å². The fourth-order valence-electron chi connectivity index (χ4n) is 3.66. The number of anilines is 1. The molecular weight excluding hydrogens is 378 g/mol. The first-order chi connectivity index (χ1) is 13.9. The van der Waals surface area contributed by atoms with Crippen molar-refractivity contribution in [3.63, 3.8) is 0 Å². The minimum absolute atomic E-state index is 0.0905. The number of hydrogen-bond donors (Lipinski definition) is 2. The fraction of sp³-hybridized carbons (Fsp3) is 0.474. The molecule has 2 aliphatic rings. The van der Waals surface area contributed by atoms with Crippen LogP contribution in [0.3, 0.4) is 0 Å². The summed E-state index contributed by atoms with van der Waals surface area (Å²) in [5.41, 5.74) is 1.66. The number of benzene rings is 1. The molecule has 10 nitrogen and oxygen atoms in total. The zero-order valence-corrected chi connectivity index (χ0v) is 16.5. The molecule has 156 valence electrons. The van der Waals surface area contributed by atoms with Crippen molar-refractivity contribution in [1.82, 2.24) is 15.5 Å². The van der Waals surface area contributed by atoms with Crippen LogP contribution >= 0.6 is 0 Å². The summed E-state index contributed by atoms with van der Waals surface area (Å²) < 4.78 is 5.14. The topological polar surface area (TPSA) is 117 Å². The molecule has 0 aromatic heterocycles. The number of nitro benzene ring substituents is 1. The molecule has 1 aromatic carbocycles. The highest BCUT2D eigenvalue weighted by atomic mass is 16.6. The lowest BCUT2D eigenvalue weighted by Crippen LogP contribution is -2.53. The summed E-state index contributed by atoms with van der Waals surface area (Å²) in [6.07, 6.45) is 0. The van der Waals surface area contributed by atoms with Crippen LogP contribution in [-0.4, -0.2) is 67.2 Å². The number of carbonyl (C=O) groups excluding carboxylic acids is 2. The highest BCUT2D eigenvalue weighted by molar-refractivity contribution is 5.94. The van der Waals surface area contributed by atoms with Gasteiger partial charge in [-0.3, -0.25) is 15.0 Å². The van der Waals surface area contributed by atoms with Gasteiger partial charge in [0, 0.05) is 44.5 Å². The van der Waals surface area contributed by atoms with Crippen LogP contribution in [0, 0.1) is 10.1 Å². The summed E-state index contributed by atoms with van der Waals surface area (Å²) in [6, 6.07) is 5.91. The third kappa shape index (κ3) is 4.65. The molecule has 2 N–H and O–H groups in total. The molecule has 1 saturated heterocycles. The maximum Gasteiger partial charge on any atom is 0.337 e. The number of para-hydroxylation sites is 2. The van der Waals surface area contributed by atoms with Crippen molar-refractivity contribution >= 4 is 23.4 Å². The van der Waals surface area contributed by atoms with Crippen molar-refractivity contribution < 1.29 is 19.2 Å². The molecular formula is C19H25N5O5. The number of esters is 1. The van der Waals surface area contributed by atoms with E-state index in [1.165, 1.54) is 6.07 Å². The van der Waals surface area contributed by atoms with Crippen molar-refractivity contribution in [3.8, 4) is 0 Å². The van der Waals surface area contributed by atoms with Crippen LogP contribution in [0.15, 0.2) is 35.5 Å². The highest BCUT2D eigenvalue weighted by Crippen LogP contribution is 2.28. The fourth-order valence-corrected chi connectivity index (χ4v) is 3.66. The largest absolute Gasteiger partial charge is 0.463 e. The first-order valence-electron chi connectivity index (χ1n) is 9.59. The van der Waals surface area contributed by atoms with Crippen LogP contribution in [0.4, 0.5) is 16.2 Å². The van der Waals surface area contributed by atoms with Crippen LogP contribution in [0.1, 0.15) is 13.8 Å². The molecule has 0 spiro atoms. The van der Waals surface area contributed by atoms with Crippen molar-refractivity contribution in [1.29, 1.82) is 0 Å². The summed E-state index contributed by atoms with van der Waals surface area (Å²) in [6.45, 7) is 6.63. The van der Waals surface area contributed by atoms with Crippen molar-refractivity contribution in [3.05, 3.63) is 45.6 Å². The molecule has 1 aromatic rings. The number of urea groups is 1. The van der Waals surface area contributed by atoms with Gasteiger partial charge in [-0.2, -0.15) is 0 Å². The average molecular weight is 403 g/mol. The van der Waals surface area contributed by atoms with Gasteiger partial charge in [0.25, 0.3) is 5.69 Å². The number of ether oxygens (including phenoxy) is 1. The Balaban J connectivity index is 1.71. The molecule has 2 heterocycles. The summed E-state index contributed by atoms with van der Waals surface area (Å²) in [5.74, 6) is -0.443. The number of nitrogens with one attached hydrogen (secondary N) is 2. The summed E-state index contributed by atoms with van der Waals surface area (Å²) in [5, 5.41) is 16.7. The van der Waals surface area contributed by atoms with Gasteiger partial charge in [0.05, 0.1) is 23.1 Å². The monoisotopic (exact) mass is 403 g/mol. The Kier molecular flexibility index (Phi) is 6.32. The second-order valence-corrected chi connectivity index (χ2v) is 6.94. The lowest BCUT2D eigenvalue weighted by Gasteiger charge is -2.37. The molecule has 0 aliphatic carbocycles. The maximum atomic E-state index is 12.3. The molecule has 1 fully saturated rings. The van der Waals surface area contributed by atoms with E-state index in [9.17, 15) is 19.7 Å². The molecule has 0 radical (unpaired) electrons. The van der Waals surface area contributed by atoms with Gasteiger partial charge >= 0.3 is 12.0 Å². The summed E-state index contributed by atoms with van der Waals surface area (Å²) in [7, 11) is 0. The van der Waals surface area contributed by atoms with E-state index in [2.05, 4.69) is 15.5 Å². The Morgan fingerprint density at radius 3 is 2.62 bits per heavy atom. The Labute approximate surface area is 168 Å². The highest BCUT2D eigenvalue weighted by Gasteiger charge is 2.31. The predicted octanol–water partition coefficient (Wildman–Crippen LogP) is 1.24. The van der Waals surface area contributed by atoms with Gasteiger partial charge in [0.15, 0.2) is 0 Å². The number of nitro groups is 1. The third-order valence-corrected chi connectivity index (χ3v) is 5.04. The van der Waals surface area contributed by atoms with Gasteiger partial charge in [0.1, 0.15) is 5.69 Å². The lowest BCUT2D eigenvalue weighted by molar-refractivity contribution is -0.384. The SMILES string of the molecule is CCOC(=O)C1=C(CN2CCN(c3ccccc3[N+](=O)[O-])CC2)NC(=O)NC1C. The molecule has 1 atom stereocenters. The van der Waals surface area contributed by atoms with Crippen LogP contribution in [0.25, 0.3) is 0 Å². The average Bonchev–Trinajstić information content (AvgIpc) is 2.68. The van der Waals surface area contributed by atoms with E-state index in [4.69, 9.17) is 4.74 Å². The van der Waals surface area contributed by atoms with E-state index in [1.54, 1.807) is 32.0 Å². The van der Waals surface area contributed by atoms with Gasteiger partial charge in [-0.05, 0) is 19.9 Å². The van der Waals surface area contributed by atoms with E-state index in [0.29, 0.717) is 49.7 Å². The maximum absolute atomic E-state index is 12.3. The van der Waals surface area contributed by atoms with E-state index >= 15 is 0 Å². The summed E-state index contributed by atoms with van der Waals surface area (Å²) >= 11 is 0. The van der Waals surface area contributed by atoms with Gasteiger partial charge in [0.2, 0.25) is 0 Å². The van der Waals surface area contributed by atoms with Gasteiger partial charge in [-0.1, -0.05) is 12.1 Å². The number of rotatable bonds is 6. The Morgan fingerprint density at radius 2 is 1.97 bits per heavy atom. The van der Waals surface area contributed by atoms with Crippen LogP contribution in [-0.2, 0) is 9.53 Å². The quantitative estimate of drug-likeness (QED) is 0.417. The van der Waals surface area contributed by atoms with Crippen LogP contribution in [0.2, 0.25) is 0 Å². The minimum atomic E-state index is -0.443. The van der Waals surface area contributed by atoms with Gasteiger partial charge < -0.3 is 20.3 Å². The van der Waals surface area contributed by atoms with E-state index < -0.39 is 12.0 Å². The summed E-state index contributed by atoms with van der Waals surface area (Å²) in [4.78, 5) is 39.2. The Morgan fingerprint density at radius 1 is 1.28 bits per heavy atom. The second-order valence-electron chi connectivity index (χ2n) is 6.94. The molecule has 2 amide bonds. The van der Waals surface area contributed by atoms with Crippen LogP contribution < -0.4 is 15.5 Å². The standard InChI is InChI=1S/C19H25N5O5/c1-3-29-18(25)17-13(2)20-19(26)21-14(17)12-22-8-10-23(11-9-22)15-6-4-5-7-16(15)24(27)28/h4-7,13H,3,8-12H2,1-2H3,(H2,20,21,26). The molecule has 3 rings (SSSR count). The Bertz CT molecular complexity index is 832. The first kappa shape index (κ1) is 20.6. The van der Waals surface area contributed by atoms with E-state index in [1.807, 2.05) is 4.90 Å². The van der Waals surface area contributed by atoms with E-state index in [-0.39, 0.29) is 23.2 Å². The molecule has 0 saturated carbocycles. The Hall–Kier alpha value is -3.14. The van der Waals surface area contributed by atoms with Crippen LogP contribution in [0.5, 0.6) is 0 Å². The first-order valence-corrected chi connectivity index (χ1v) is 9.59. The number of amides is 2. The number of carbonyl (C=O) groups is 2. The third-order valence-electron chi connectivity index (χ3n) is 5.04. The minimum Gasteiger partial charge on any atom is -0.463 e.